The Morgan fingerprint density at radius 1 is 0.882 bits per heavy atom. The maximum atomic E-state index is 5.83. The zero-order valence-corrected chi connectivity index (χ0v) is 19.6. The van der Waals surface area contributed by atoms with Crippen LogP contribution in [0.2, 0.25) is 0 Å². The van der Waals surface area contributed by atoms with E-state index in [1.54, 1.807) is 7.11 Å². The molecule has 4 heterocycles. The highest BCUT2D eigenvalue weighted by molar-refractivity contribution is 6.15. The van der Waals surface area contributed by atoms with E-state index in [9.17, 15) is 0 Å². The smallest absolute Gasteiger partial charge is 0.142 e. The van der Waals surface area contributed by atoms with Crippen molar-refractivity contribution >= 4 is 32.8 Å². The number of ether oxygens (including phenoxy) is 1. The standard InChI is InChI=1S/C27H23N5O2/c1-13-10-18(17-8-6-7-9-21(17)28-13)26-25-19-12-23(33-5)20(24-14(2)32-34-15(24)3)11-22(19)31-27(25)30-16(4)29-26/h6-12H,1-5H3,(H,29,30,31). The summed E-state index contributed by atoms with van der Waals surface area (Å²) in [5.74, 6) is 2.19. The van der Waals surface area contributed by atoms with Gasteiger partial charge in [-0.05, 0) is 52.0 Å². The number of benzene rings is 2. The van der Waals surface area contributed by atoms with Gasteiger partial charge in [-0.25, -0.2) is 9.97 Å². The summed E-state index contributed by atoms with van der Waals surface area (Å²) in [6.45, 7) is 7.77. The first kappa shape index (κ1) is 20.4. The Balaban J connectivity index is 1.72. The summed E-state index contributed by atoms with van der Waals surface area (Å²) in [5, 5.41) is 7.14. The van der Waals surface area contributed by atoms with Crippen LogP contribution < -0.4 is 4.74 Å². The predicted molar refractivity (Wildman–Crippen MR) is 133 cm³/mol. The van der Waals surface area contributed by atoms with E-state index in [0.29, 0.717) is 5.82 Å². The van der Waals surface area contributed by atoms with Gasteiger partial charge < -0.3 is 14.2 Å². The monoisotopic (exact) mass is 449 g/mol. The van der Waals surface area contributed by atoms with Crippen molar-refractivity contribution in [3.8, 4) is 28.1 Å². The van der Waals surface area contributed by atoms with Crippen LogP contribution in [0.4, 0.5) is 0 Å². The van der Waals surface area contributed by atoms with Crippen LogP contribution in [0.25, 0.3) is 55.2 Å². The van der Waals surface area contributed by atoms with Gasteiger partial charge >= 0.3 is 0 Å². The molecule has 6 aromatic rings. The molecule has 0 amide bonds. The Labute approximate surface area is 195 Å². The van der Waals surface area contributed by atoms with Crippen molar-refractivity contribution in [2.24, 2.45) is 0 Å². The number of hydrogen-bond donors (Lipinski definition) is 1. The lowest BCUT2D eigenvalue weighted by molar-refractivity contribution is 0.393. The van der Waals surface area contributed by atoms with Crippen LogP contribution >= 0.6 is 0 Å². The Hall–Kier alpha value is -4.26. The van der Waals surface area contributed by atoms with Crippen LogP contribution in [0.15, 0.2) is 47.0 Å². The highest BCUT2D eigenvalue weighted by Crippen LogP contribution is 2.42. The number of aryl methyl sites for hydroxylation is 4. The molecule has 0 saturated carbocycles. The number of H-pyrrole nitrogens is 1. The maximum Gasteiger partial charge on any atom is 0.142 e. The number of rotatable bonds is 3. The molecule has 0 bridgehead atoms. The number of pyridine rings is 1. The lowest BCUT2D eigenvalue weighted by atomic mass is 9.98. The van der Waals surface area contributed by atoms with Gasteiger partial charge in [-0.3, -0.25) is 4.98 Å². The van der Waals surface area contributed by atoms with E-state index in [2.05, 4.69) is 28.3 Å². The van der Waals surface area contributed by atoms with E-state index in [1.165, 1.54) is 0 Å². The van der Waals surface area contributed by atoms with Crippen molar-refractivity contribution in [3.05, 3.63) is 65.4 Å². The second kappa shape index (κ2) is 7.38. The zero-order chi connectivity index (χ0) is 23.6. The molecule has 0 aliphatic rings. The molecule has 2 aromatic carbocycles. The minimum absolute atomic E-state index is 0.700. The predicted octanol–water partition coefficient (Wildman–Crippen LogP) is 6.22. The molecule has 6 rings (SSSR count). The van der Waals surface area contributed by atoms with Crippen molar-refractivity contribution in [2.75, 3.05) is 7.11 Å². The molecule has 7 nitrogen and oxygen atoms in total. The molecule has 34 heavy (non-hydrogen) atoms. The van der Waals surface area contributed by atoms with Gasteiger partial charge in [-0.1, -0.05) is 23.4 Å². The normalized spacial score (nSPS) is 11.7. The van der Waals surface area contributed by atoms with Crippen LogP contribution in [-0.2, 0) is 0 Å². The van der Waals surface area contributed by atoms with Crippen LogP contribution in [0, 0.1) is 27.7 Å². The lowest BCUT2D eigenvalue weighted by Crippen LogP contribution is -1.96. The minimum atomic E-state index is 0.700. The second-order valence-electron chi connectivity index (χ2n) is 8.59. The van der Waals surface area contributed by atoms with E-state index >= 15 is 0 Å². The molecule has 0 atom stereocenters. The summed E-state index contributed by atoms with van der Waals surface area (Å²) in [4.78, 5) is 17.9. The molecule has 0 aliphatic carbocycles. The van der Waals surface area contributed by atoms with Gasteiger partial charge in [-0.2, -0.15) is 0 Å². The molecule has 0 saturated heterocycles. The van der Waals surface area contributed by atoms with E-state index in [-0.39, 0.29) is 0 Å². The number of hydrogen-bond acceptors (Lipinski definition) is 6. The van der Waals surface area contributed by atoms with Crippen LogP contribution in [-0.4, -0.2) is 32.2 Å². The number of aromatic nitrogens is 5. The van der Waals surface area contributed by atoms with Crippen LogP contribution in [0.5, 0.6) is 5.75 Å². The fraction of sp³-hybridized carbons (Fsp3) is 0.185. The SMILES string of the molecule is COc1cc2c(cc1-c1c(C)noc1C)[nH]c1nc(C)nc(-c3cc(C)nc4ccccc34)c12. The zero-order valence-electron chi connectivity index (χ0n) is 19.6. The van der Waals surface area contributed by atoms with E-state index in [1.807, 2.05) is 52.0 Å². The molecular formula is C27H23N5O2. The molecule has 0 radical (unpaired) electrons. The van der Waals surface area contributed by atoms with E-state index in [4.69, 9.17) is 24.2 Å². The van der Waals surface area contributed by atoms with E-state index in [0.717, 1.165) is 78.1 Å². The number of para-hydroxylation sites is 1. The lowest BCUT2D eigenvalue weighted by Gasteiger charge is -2.11. The second-order valence-corrected chi connectivity index (χ2v) is 8.59. The first-order valence-corrected chi connectivity index (χ1v) is 11.1. The molecule has 7 heteroatoms. The third-order valence-electron chi connectivity index (χ3n) is 6.28. The maximum absolute atomic E-state index is 5.83. The number of nitrogens with one attached hydrogen (secondary N) is 1. The fourth-order valence-corrected chi connectivity index (χ4v) is 4.87. The van der Waals surface area contributed by atoms with Crippen molar-refractivity contribution in [1.82, 2.24) is 25.1 Å². The number of aromatic amines is 1. The van der Waals surface area contributed by atoms with E-state index < -0.39 is 0 Å². The van der Waals surface area contributed by atoms with Crippen molar-refractivity contribution in [1.29, 1.82) is 0 Å². The third kappa shape index (κ3) is 2.97. The highest BCUT2D eigenvalue weighted by Gasteiger charge is 2.21. The molecule has 0 spiro atoms. The van der Waals surface area contributed by atoms with Gasteiger partial charge in [0, 0.05) is 33.1 Å². The average molecular weight is 450 g/mol. The van der Waals surface area contributed by atoms with Crippen LogP contribution in [0.3, 0.4) is 0 Å². The summed E-state index contributed by atoms with van der Waals surface area (Å²) in [7, 11) is 1.68. The van der Waals surface area contributed by atoms with Gasteiger partial charge in [0.05, 0.1) is 35.0 Å². The van der Waals surface area contributed by atoms with Gasteiger partial charge in [0.1, 0.15) is 23.0 Å². The molecule has 4 aromatic heterocycles. The summed E-state index contributed by atoms with van der Waals surface area (Å²) in [5.41, 5.74) is 8.22. The molecule has 0 aliphatic heterocycles. The van der Waals surface area contributed by atoms with Crippen molar-refractivity contribution < 1.29 is 9.26 Å². The Morgan fingerprint density at radius 3 is 2.47 bits per heavy atom. The number of methoxy groups -OCH3 is 1. The molecule has 0 fully saturated rings. The van der Waals surface area contributed by atoms with Gasteiger partial charge in [0.15, 0.2) is 0 Å². The van der Waals surface area contributed by atoms with Crippen LogP contribution in [0.1, 0.15) is 23.0 Å². The molecule has 1 N–H and O–H groups in total. The Morgan fingerprint density at radius 2 is 1.71 bits per heavy atom. The Bertz CT molecular complexity index is 1730. The summed E-state index contributed by atoms with van der Waals surface area (Å²) < 4.78 is 11.3. The number of fused-ring (bicyclic) bond motifs is 4. The molecular weight excluding hydrogens is 426 g/mol. The summed E-state index contributed by atoms with van der Waals surface area (Å²) >= 11 is 0. The minimum Gasteiger partial charge on any atom is -0.496 e. The number of nitrogens with zero attached hydrogens (tertiary/aromatic N) is 4. The Kier molecular flexibility index (Phi) is 4.42. The summed E-state index contributed by atoms with van der Waals surface area (Å²) in [6, 6.07) is 14.4. The fourth-order valence-electron chi connectivity index (χ4n) is 4.87. The van der Waals surface area contributed by atoms with Gasteiger partial charge in [-0.15, -0.1) is 0 Å². The van der Waals surface area contributed by atoms with Crippen molar-refractivity contribution in [3.63, 3.8) is 0 Å². The quantitative estimate of drug-likeness (QED) is 0.345. The average Bonchev–Trinajstić information content (AvgIpc) is 3.34. The topological polar surface area (TPSA) is 89.7 Å². The first-order chi connectivity index (χ1) is 16.4. The summed E-state index contributed by atoms with van der Waals surface area (Å²) in [6.07, 6.45) is 0. The largest absolute Gasteiger partial charge is 0.496 e. The highest BCUT2D eigenvalue weighted by atomic mass is 16.5. The van der Waals surface area contributed by atoms with Gasteiger partial charge in [0.25, 0.3) is 0 Å². The molecule has 168 valence electrons. The first-order valence-electron chi connectivity index (χ1n) is 11.1. The molecule has 0 unspecified atom stereocenters. The van der Waals surface area contributed by atoms with Crippen molar-refractivity contribution in [2.45, 2.75) is 27.7 Å². The van der Waals surface area contributed by atoms with Gasteiger partial charge in [0.2, 0.25) is 0 Å². The third-order valence-corrected chi connectivity index (χ3v) is 6.28.